The van der Waals surface area contributed by atoms with E-state index in [1.807, 2.05) is 30.3 Å². The molecule has 3 nitrogen and oxygen atoms in total. The minimum absolute atomic E-state index is 0.347. The van der Waals surface area contributed by atoms with Crippen LogP contribution < -0.4 is 0 Å². The van der Waals surface area contributed by atoms with E-state index in [2.05, 4.69) is 177 Å². The number of para-hydroxylation sites is 1. The van der Waals surface area contributed by atoms with Gasteiger partial charge >= 0.3 is 0 Å². The van der Waals surface area contributed by atoms with Gasteiger partial charge in [-0.15, -0.1) is 0 Å². The molecule has 10 aromatic rings. The Morgan fingerprint density at radius 2 is 0.965 bits per heavy atom. The van der Waals surface area contributed by atoms with Crippen molar-refractivity contribution >= 4 is 21.9 Å². The maximum absolute atomic E-state index is 6.10. The molecule has 0 bridgehead atoms. The SMILES string of the molecule is CC1(c2ccccc2)c2ccccc2-c2cccc(-c3ccccc3-c3cc(-c4ccc(-c5ccc6oc7ccccc7c6c5)cc4)nc(-c4ccccc4)n3)c21. The van der Waals surface area contributed by atoms with Gasteiger partial charge < -0.3 is 4.42 Å². The molecule has 3 heteroatoms. The van der Waals surface area contributed by atoms with Crippen molar-refractivity contribution in [2.75, 3.05) is 0 Å². The fourth-order valence-electron chi connectivity index (χ4n) is 9.03. The predicted octanol–water partition coefficient (Wildman–Crippen LogP) is 14.0. The number of hydrogen-bond acceptors (Lipinski definition) is 3. The number of hydrogen-bond donors (Lipinski definition) is 0. The van der Waals surface area contributed by atoms with Crippen LogP contribution in [-0.2, 0) is 5.41 Å². The fraction of sp³-hybridized carbons (Fsp3) is 0.0370. The van der Waals surface area contributed by atoms with Gasteiger partial charge in [-0.05, 0) is 81.3 Å². The van der Waals surface area contributed by atoms with Crippen LogP contribution in [0.1, 0.15) is 23.6 Å². The molecule has 0 saturated carbocycles. The van der Waals surface area contributed by atoms with Gasteiger partial charge in [0.1, 0.15) is 11.2 Å². The van der Waals surface area contributed by atoms with Gasteiger partial charge in [0.15, 0.2) is 5.82 Å². The standard InChI is InChI=1S/C54H36N2O/c1-54(39-17-6-3-7-18-39)47-25-12-10-20-41(47)45-24-14-23-44(52(45)54)40-19-8-9-21-42(40)49-34-48(55-53(56-49)37-15-4-2-5-16-37)36-29-27-35(28-30-36)38-31-32-51-46(33-38)43-22-11-13-26-50(43)57-51/h2-34H,1H3. The fourth-order valence-corrected chi connectivity index (χ4v) is 9.03. The summed E-state index contributed by atoms with van der Waals surface area (Å²) in [6.45, 7) is 2.38. The summed E-state index contributed by atoms with van der Waals surface area (Å²) in [5.41, 5.74) is 17.4. The highest BCUT2D eigenvalue weighted by Gasteiger charge is 2.42. The summed E-state index contributed by atoms with van der Waals surface area (Å²) in [4.78, 5) is 10.5. The van der Waals surface area contributed by atoms with Crippen molar-refractivity contribution in [2.24, 2.45) is 0 Å². The van der Waals surface area contributed by atoms with Crippen molar-refractivity contribution in [1.82, 2.24) is 9.97 Å². The molecular formula is C54H36N2O. The maximum atomic E-state index is 6.10. The molecule has 11 rings (SSSR count). The second kappa shape index (κ2) is 13.1. The highest BCUT2D eigenvalue weighted by Crippen LogP contribution is 2.56. The van der Waals surface area contributed by atoms with E-state index in [4.69, 9.17) is 14.4 Å². The van der Waals surface area contributed by atoms with Crippen molar-refractivity contribution in [3.05, 3.63) is 217 Å². The highest BCUT2D eigenvalue weighted by molar-refractivity contribution is 6.06. The third-order valence-electron chi connectivity index (χ3n) is 11.8. The maximum Gasteiger partial charge on any atom is 0.160 e. The molecule has 57 heavy (non-hydrogen) atoms. The number of fused-ring (bicyclic) bond motifs is 6. The normalized spacial score (nSPS) is 14.5. The van der Waals surface area contributed by atoms with Crippen LogP contribution in [0.2, 0.25) is 0 Å². The molecular weight excluding hydrogens is 693 g/mol. The highest BCUT2D eigenvalue weighted by atomic mass is 16.3. The van der Waals surface area contributed by atoms with E-state index in [1.165, 1.54) is 33.4 Å². The molecule has 1 atom stereocenters. The van der Waals surface area contributed by atoms with E-state index >= 15 is 0 Å². The lowest BCUT2D eigenvalue weighted by atomic mass is 9.71. The number of benzene rings is 8. The largest absolute Gasteiger partial charge is 0.456 e. The van der Waals surface area contributed by atoms with Crippen molar-refractivity contribution in [3.8, 4) is 67.3 Å². The summed E-state index contributed by atoms with van der Waals surface area (Å²) in [6.07, 6.45) is 0. The first-order chi connectivity index (χ1) is 28.1. The van der Waals surface area contributed by atoms with Crippen LogP contribution in [0.4, 0.5) is 0 Å². The summed E-state index contributed by atoms with van der Waals surface area (Å²) in [5, 5.41) is 2.25. The monoisotopic (exact) mass is 728 g/mol. The van der Waals surface area contributed by atoms with Crippen molar-refractivity contribution in [2.45, 2.75) is 12.3 Å². The van der Waals surface area contributed by atoms with Crippen molar-refractivity contribution in [1.29, 1.82) is 0 Å². The molecule has 0 saturated heterocycles. The molecule has 0 amide bonds. The minimum Gasteiger partial charge on any atom is -0.456 e. The van der Waals surface area contributed by atoms with E-state index in [9.17, 15) is 0 Å². The van der Waals surface area contributed by atoms with E-state index in [1.54, 1.807) is 0 Å². The molecule has 1 aliphatic rings. The summed E-state index contributed by atoms with van der Waals surface area (Å²) >= 11 is 0. The van der Waals surface area contributed by atoms with Crippen LogP contribution in [0.3, 0.4) is 0 Å². The third-order valence-corrected chi connectivity index (χ3v) is 11.8. The third kappa shape index (κ3) is 5.35. The van der Waals surface area contributed by atoms with Gasteiger partial charge in [0.25, 0.3) is 0 Å². The molecule has 1 unspecified atom stereocenters. The molecule has 8 aromatic carbocycles. The summed E-state index contributed by atoms with van der Waals surface area (Å²) in [6, 6.07) is 71.1. The first kappa shape index (κ1) is 33.0. The van der Waals surface area contributed by atoms with Gasteiger partial charge in [0, 0.05) is 32.9 Å². The molecule has 0 radical (unpaired) electrons. The zero-order valence-electron chi connectivity index (χ0n) is 31.4. The Hall–Kier alpha value is -7.36. The van der Waals surface area contributed by atoms with Crippen LogP contribution >= 0.6 is 0 Å². The topological polar surface area (TPSA) is 38.9 Å². The van der Waals surface area contributed by atoms with Crippen LogP contribution in [0.15, 0.2) is 205 Å². The van der Waals surface area contributed by atoms with Gasteiger partial charge in [0.2, 0.25) is 0 Å². The Morgan fingerprint density at radius 3 is 1.77 bits per heavy atom. The smallest absolute Gasteiger partial charge is 0.160 e. The minimum atomic E-state index is -0.347. The zero-order valence-corrected chi connectivity index (χ0v) is 31.4. The molecule has 1 aliphatic carbocycles. The van der Waals surface area contributed by atoms with Crippen LogP contribution in [0.5, 0.6) is 0 Å². The summed E-state index contributed by atoms with van der Waals surface area (Å²) in [7, 11) is 0. The van der Waals surface area contributed by atoms with Crippen molar-refractivity contribution < 1.29 is 4.42 Å². The van der Waals surface area contributed by atoms with Crippen LogP contribution in [0.25, 0.3) is 89.2 Å². The quantitative estimate of drug-likeness (QED) is 0.171. The van der Waals surface area contributed by atoms with E-state index in [0.717, 1.165) is 66.7 Å². The van der Waals surface area contributed by atoms with E-state index < -0.39 is 0 Å². The average molecular weight is 729 g/mol. The van der Waals surface area contributed by atoms with Crippen LogP contribution in [0, 0.1) is 0 Å². The average Bonchev–Trinajstić information content (AvgIpc) is 3.80. The van der Waals surface area contributed by atoms with Gasteiger partial charge in [-0.25, -0.2) is 9.97 Å². The lowest BCUT2D eigenvalue weighted by molar-refractivity contribution is 0.669. The van der Waals surface area contributed by atoms with Gasteiger partial charge in [0.05, 0.1) is 11.4 Å². The second-order valence-corrected chi connectivity index (χ2v) is 15.0. The van der Waals surface area contributed by atoms with Crippen molar-refractivity contribution in [3.63, 3.8) is 0 Å². The summed E-state index contributed by atoms with van der Waals surface area (Å²) in [5.74, 6) is 0.694. The first-order valence-corrected chi connectivity index (χ1v) is 19.5. The Balaban J connectivity index is 1.06. The Labute approximate surface area is 331 Å². The molecule has 0 aliphatic heterocycles. The Kier molecular flexibility index (Phi) is 7.61. The predicted molar refractivity (Wildman–Crippen MR) is 234 cm³/mol. The lowest BCUT2D eigenvalue weighted by Crippen LogP contribution is -2.23. The number of furan rings is 1. The van der Waals surface area contributed by atoms with Crippen LogP contribution in [-0.4, -0.2) is 9.97 Å². The number of nitrogens with zero attached hydrogens (tertiary/aromatic N) is 2. The zero-order chi connectivity index (χ0) is 37.9. The molecule has 0 N–H and O–H groups in total. The van der Waals surface area contributed by atoms with Gasteiger partial charge in [-0.1, -0.05) is 176 Å². The van der Waals surface area contributed by atoms with Gasteiger partial charge in [-0.3, -0.25) is 0 Å². The number of aromatic nitrogens is 2. The molecule has 268 valence electrons. The molecule has 2 heterocycles. The first-order valence-electron chi connectivity index (χ1n) is 19.5. The Morgan fingerprint density at radius 1 is 0.386 bits per heavy atom. The number of rotatable bonds is 6. The van der Waals surface area contributed by atoms with Gasteiger partial charge in [-0.2, -0.15) is 0 Å². The lowest BCUT2D eigenvalue weighted by Gasteiger charge is -2.30. The van der Waals surface area contributed by atoms with E-state index in [-0.39, 0.29) is 5.41 Å². The molecule has 0 spiro atoms. The molecule has 2 aromatic heterocycles. The van der Waals surface area contributed by atoms with E-state index in [0.29, 0.717) is 5.82 Å². The molecule has 0 fully saturated rings. The second-order valence-electron chi connectivity index (χ2n) is 15.0. The summed E-state index contributed by atoms with van der Waals surface area (Å²) < 4.78 is 6.10. The Bertz CT molecular complexity index is 3130.